The summed E-state index contributed by atoms with van der Waals surface area (Å²) in [7, 11) is -3.90. The number of carbonyl (C=O) groups excluding carboxylic acids is 2. The summed E-state index contributed by atoms with van der Waals surface area (Å²) in [5.41, 5.74) is 2.41. The molecule has 0 unspecified atom stereocenters. The summed E-state index contributed by atoms with van der Waals surface area (Å²) in [6, 6.07) is 9.04. The van der Waals surface area contributed by atoms with Gasteiger partial charge in [-0.15, -0.1) is 0 Å². The van der Waals surface area contributed by atoms with Crippen molar-refractivity contribution in [3.63, 3.8) is 0 Å². The molecule has 4 heterocycles. The topological polar surface area (TPSA) is 137 Å². The maximum atomic E-state index is 13.5. The van der Waals surface area contributed by atoms with Crippen molar-refractivity contribution >= 4 is 49.9 Å². The molecule has 3 aromatic rings. The largest absolute Gasteiger partial charge is 0.331 e. The van der Waals surface area contributed by atoms with Crippen LogP contribution < -0.4 is 20.3 Å². The molecule has 0 radical (unpaired) electrons. The quantitative estimate of drug-likeness (QED) is 0.343. The molecule has 11 nitrogen and oxygen atoms in total. The summed E-state index contributed by atoms with van der Waals surface area (Å²) >= 11 is 1.38. The summed E-state index contributed by atoms with van der Waals surface area (Å²) in [6.07, 6.45) is 2.18. The number of nitrogens with one attached hydrogen (secondary N) is 3. The zero-order chi connectivity index (χ0) is 28.9. The second-order valence-corrected chi connectivity index (χ2v) is 13.4. The summed E-state index contributed by atoms with van der Waals surface area (Å²) in [4.78, 5) is 39.4. The minimum Gasteiger partial charge on any atom is -0.331 e. The molecule has 2 fully saturated rings. The number of aromatic nitrogens is 2. The van der Waals surface area contributed by atoms with E-state index >= 15 is 0 Å². The molecule has 3 aliphatic rings. The Bertz CT molecular complexity index is 1630. The molecule has 3 N–H and O–H groups in total. The molecular weight excluding hydrogens is 562 g/mol. The third kappa shape index (κ3) is 5.34. The first-order chi connectivity index (χ1) is 19.7. The summed E-state index contributed by atoms with van der Waals surface area (Å²) < 4.78 is 29.2. The lowest BCUT2D eigenvalue weighted by molar-refractivity contribution is -0.118. The monoisotopic (exact) mass is 595 g/mol. The van der Waals surface area contributed by atoms with Crippen LogP contribution in [0, 0.1) is 12.8 Å². The minimum absolute atomic E-state index is 0.0136. The average Bonchev–Trinajstić information content (AvgIpc) is 3.66. The number of sulfonamides is 1. The molecule has 2 aromatic heterocycles. The second kappa shape index (κ2) is 10.8. The Morgan fingerprint density at radius 3 is 2.73 bits per heavy atom. The van der Waals surface area contributed by atoms with Crippen molar-refractivity contribution in [1.82, 2.24) is 24.9 Å². The van der Waals surface area contributed by atoms with Crippen LogP contribution in [0.25, 0.3) is 10.4 Å². The van der Waals surface area contributed by atoms with E-state index in [1.54, 1.807) is 24.0 Å². The highest BCUT2D eigenvalue weighted by Gasteiger charge is 2.41. The van der Waals surface area contributed by atoms with E-state index in [0.29, 0.717) is 53.4 Å². The van der Waals surface area contributed by atoms with Gasteiger partial charge < -0.3 is 15.5 Å². The molecule has 1 atom stereocenters. The van der Waals surface area contributed by atoms with E-state index < -0.39 is 10.0 Å². The number of rotatable bonds is 9. The van der Waals surface area contributed by atoms with Crippen LogP contribution in [-0.4, -0.2) is 67.3 Å². The van der Waals surface area contributed by atoms with Gasteiger partial charge in [0.05, 0.1) is 27.6 Å². The number of piperazine rings is 1. The lowest BCUT2D eigenvalue weighted by atomic mass is 10.0. The Balaban J connectivity index is 1.33. The molecule has 1 saturated heterocycles. The summed E-state index contributed by atoms with van der Waals surface area (Å²) in [5, 5.41) is 6.89. The van der Waals surface area contributed by atoms with Gasteiger partial charge in [0.25, 0.3) is 5.91 Å². The number of thiazole rings is 1. The van der Waals surface area contributed by atoms with E-state index in [1.165, 1.54) is 11.3 Å². The van der Waals surface area contributed by atoms with Gasteiger partial charge in [0, 0.05) is 32.2 Å². The molecule has 1 aromatic carbocycles. The Morgan fingerprint density at radius 1 is 1.20 bits per heavy atom. The van der Waals surface area contributed by atoms with Crippen LogP contribution in [0.15, 0.2) is 35.2 Å². The van der Waals surface area contributed by atoms with Gasteiger partial charge in [0.15, 0.2) is 5.13 Å². The smallest absolute Gasteiger partial charge is 0.256 e. The third-order valence-corrected chi connectivity index (χ3v) is 10.5. The number of carbonyl (C=O) groups is 2. The molecule has 6 rings (SSSR count). The molecule has 216 valence electrons. The number of benzene rings is 1. The number of anilines is 3. The first-order valence-electron chi connectivity index (χ1n) is 13.9. The lowest BCUT2D eigenvalue weighted by Gasteiger charge is -2.26. The Morgan fingerprint density at radius 2 is 2.00 bits per heavy atom. The molecule has 41 heavy (non-hydrogen) atoms. The summed E-state index contributed by atoms with van der Waals surface area (Å²) in [6.45, 7) is 7.78. The standard InChI is InChI=1S/C28H33N7O4S2/c1-4-30-41(38,39)21-13-19(12-20-15-35(27(37)25(20)21)17(3)18-8-9-18)26-16(2)31-28(40-26)33-22-6-5-7-23(32-22)34-11-10-29-14-24(34)36/h5-7,12-13,17-18,29-30H,4,8-11,14-15H2,1-3H3,(H,31,32,33)/t17-/m0/s1. The number of fused-ring (bicyclic) bond motifs is 1. The predicted molar refractivity (Wildman–Crippen MR) is 158 cm³/mol. The van der Waals surface area contributed by atoms with Crippen LogP contribution in [-0.2, 0) is 21.4 Å². The van der Waals surface area contributed by atoms with Gasteiger partial charge in [0.1, 0.15) is 11.6 Å². The zero-order valence-corrected chi connectivity index (χ0v) is 24.9. The number of nitrogens with zero attached hydrogens (tertiary/aromatic N) is 4. The zero-order valence-electron chi connectivity index (χ0n) is 23.2. The fourth-order valence-electron chi connectivity index (χ4n) is 5.53. The van der Waals surface area contributed by atoms with Crippen LogP contribution in [0.1, 0.15) is 48.3 Å². The van der Waals surface area contributed by atoms with E-state index in [0.717, 1.165) is 23.4 Å². The third-order valence-electron chi connectivity index (χ3n) is 7.81. The van der Waals surface area contributed by atoms with Crippen molar-refractivity contribution < 1.29 is 18.0 Å². The van der Waals surface area contributed by atoms with Gasteiger partial charge in [-0.3, -0.25) is 14.5 Å². The Kier molecular flexibility index (Phi) is 7.30. The highest BCUT2D eigenvalue weighted by atomic mass is 32.2. The van der Waals surface area contributed by atoms with E-state index in [-0.39, 0.29) is 41.4 Å². The van der Waals surface area contributed by atoms with Gasteiger partial charge >= 0.3 is 0 Å². The van der Waals surface area contributed by atoms with Crippen LogP contribution in [0.2, 0.25) is 0 Å². The van der Waals surface area contributed by atoms with Gasteiger partial charge in [-0.25, -0.2) is 23.1 Å². The fourth-order valence-corrected chi connectivity index (χ4v) is 7.80. The molecule has 2 aliphatic heterocycles. The maximum Gasteiger partial charge on any atom is 0.256 e. The number of hydrogen-bond donors (Lipinski definition) is 3. The van der Waals surface area contributed by atoms with Gasteiger partial charge in [0.2, 0.25) is 15.9 Å². The number of amides is 2. The van der Waals surface area contributed by atoms with Crippen LogP contribution in [0.4, 0.5) is 16.8 Å². The van der Waals surface area contributed by atoms with Gasteiger partial charge in [-0.1, -0.05) is 24.3 Å². The van der Waals surface area contributed by atoms with Crippen molar-refractivity contribution in [3.05, 3.63) is 47.2 Å². The molecule has 0 spiro atoms. The number of aryl methyl sites for hydroxylation is 1. The van der Waals surface area contributed by atoms with Gasteiger partial charge in [-0.05, 0) is 68.0 Å². The van der Waals surface area contributed by atoms with Crippen LogP contribution in [0.3, 0.4) is 0 Å². The fraction of sp³-hybridized carbons (Fsp3) is 0.429. The summed E-state index contributed by atoms with van der Waals surface area (Å²) in [5.74, 6) is 1.34. The van der Waals surface area contributed by atoms with Crippen molar-refractivity contribution in [2.75, 3.05) is 36.4 Å². The minimum atomic E-state index is -3.90. The predicted octanol–water partition coefficient (Wildman–Crippen LogP) is 3.25. The van der Waals surface area contributed by atoms with Gasteiger partial charge in [-0.2, -0.15) is 0 Å². The second-order valence-electron chi connectivity index (χ2n) is 10.7. The van der Waals surface area contributed by atoms with Crippen molar-refractivity contribution in [2.24, 2.45) is 5.92 Å². The lowest BCUT2D eigenvalue weighted by Crippen LogP contribution is -2.48. The Labute approximate surface area is 243 Å². The van der Waals surface area contributed by atoms with Crippen LogP contribution in [0.5, 0.6) is 0 Å². The van der Waals surface area contributed by atoms with Crippen molar-refractivity contribution in [3.8, 4) is 10.4 Å². The van der Waals surface area contributed by atoms with E-state index in [2.05, 4.69) is 25.3 Å². The Hall–Kier alpha value is -3.39. The first kappa shape index (κ1) is 27.8. The molecule has 0 bridgehead atoms. The van der Waals surface area contributed by atoms with E-state index in [4.69, 9.17) is 0 Å². The number of hydrogen-bond acceptors (Lipinski definition) is 9. The normalized spacial score (nSPS) is 18.1. The molecule has 1 aliphatic carbocycles. The SMILES string of the molecule is CCNS(=O)(=O)c1cc(-c2sc(Nc3cccc(N4CCNCC4=O)n3)nc2C)cc2c1C(=O)N([C@@H](C)C1CC1)C2. The highest BCUT2D eigenvalue weighted by Crippen LogP contribution is 2.42. The van der Waals surface area contributed by atoms with Crippen LogP contribution >= 0.6 is 11.3 Å². The van der Waals surface area contributed by atoms with E-state index in [9.17, 15) is 18.0 Å². The number of pyridine rings is 1. The molecular formula is C28H33N7O4S2. The first-order valence-corrected chi connectivity index (χ1v) is 16.2. The van der Waals surface area contributed by atoms with Crippen molar-refractivity contribution in [1.29, 1.82) is 0 Å². The van der Waals surface area contributed by atoms with Crippen molar-refractivity contribution in [2.45, 2.75) is 51.1 Å². The molecule has 1 saturated carbocycles. The highest BCUT2D eigenvalue weighted by molar-refractivity contribution is 7.89. The average molecular weight is 596 g/mol. The maximum absolute atomic E-state index is 13.5. The molecule has 13 heteroatoms. The molecule has 2 amide bonds. The van der Waals surface area contributed by atoms with E-state index in [1.807, 2.05) is 36.9 Å².